The zero-order valence-corrected chi connectivity index (χ0v) is 12.3. The first-order chi connectivity index (χ1) is 10.4. The van der Waals surface area contributed by atoms with Gasteiger partial charge in [-0.25, -0.2) is 4.79 Å². The number of hydrogen-bond acceptors (Lipinski definition) is 7. The monoisotopic (exact) mass is 312 g/mol. The summed E-state index contributed by atoms with van der Waals surface area (Å²) in [6.45, 7) is 1.26. The van der Waals surface area contributed by atoms with Gasteiger partial charge in [0.1, 0.15) is 30.5 Å². The van der Waals surface area contributed by atoms with Crippen molar-refractivity contribution in [3.63, 3.8) is 0 Å². The van der Waals surface area contributed by atoms with Crippen LogP contribution in [0.2, 0.25) is 0 Å². The molecular formula is C15H20O7. The number of methoxy groups -OCH3 is 1. The van der Waals surface area contributed by atoms with Gasteiger partial charge in [-0.15, -0.1) is 0 Å². The number of benzene rings is 1. The highest BCUT2D eigenvalue weighted by atomic mass is 16.5. The van der Waals surface area contributed by atoms with Crippen LogP contribution in [0, 0.1) is 6.92 Å². The number of aryl methyl sites for hydroxylation is 1. The van der Waals surface area contributed by atoms with Gasteiger partial charge in [0.25, 0.3) is 0 Å². The summed E-state index contributed by atoms with van der Waals surface area (Å²) in [4.78, 5) is 11.6. The number of carbonyl (C=O) groups is 1. The van der Waals surface area contributed by atoms with Crippen LogP contribution in [0.15, 0.2) is 18.2 Å². The van der Waals surface area contributed by atoms with Crippen LogP contribution in [0.1, 0.15) is 27.6 Å². The average Bonchev–Trinajstić information content (AvgIpc) is 2.53. The van der Waals surface area contributed by atoms with Crippen LogP contribution in [0.3, 0.4) is 0 Å². The number of carbonyl (C=O) groups excluding carboxylic acids is 1. The molecule has 0 amide bonds. The molecule has 0 radical (unpaired) electrons. The Morgan fingerprint density at radius 1 is 1.23 bits per heavy atom. The smallest absolute Gasteiger partial charge is 0.337 e. The van der Waals surface area contributed by atoms with Crippen molar-refractivity contribution in [2.24, 2.45) is 0 Å². The Morgan fingerprint density at radius 3 is 2.50 bits per heavy atom. The van der Waals surface area contributed by atoms with Gasteiger partial charge in [0.2, 0.25) is 0 Å². The maximum absolute atomic E-state index is 11.6. The lowest BCUT2D eigenvalue weighted by Crippen LogP contribution is -2.55. The predicted octanol–water partition coefficient (Wildman–Crippen LogP) is -0.703. The molecule has 0 bridgehead atoms. The Balaban J connectivity index is 2.39. The van der Waals surface area contributed by atoms with E-state index in [9.17, 15) is 25.2 Å². The van der Waals surface area contributed by atoms with E-state index < -0.39 is 43.1 Å². The van der Waals surface area contributed by atoms with E-state index in [1.54, 1.807) is 19.1 Å². The minimum Gasteiger partial charge on any atom is -0.465 e. The van der Waals surface area contributed by atoms with E-state index in [-0.39, 0.29) is 5.56 Å². The summed E-state index contributed by atoms with van der Waals surface area (Å²) in [6, 6.07) is 4.76. The minimum absolute atomic E-state index is 0.278. The summed E-state index contributed by atoms with van der Waals surface area (Å²) >= 11 is 0. The fourth-order valence-electron chi connectivity index (χ4n) is 2.55. The van der Waals surface area contributed by atoms with Gasteiger partial charge in [-0.3, -0.25) is 0 Å². The fraction of sp³-hybridized carbons (Fsp3) is 0.533. The second-order valence-corrected chi connectivity index (χ2v) is 5.31. The topological polar surface area (TPSA) is 116 Å². The van der Waals surface area contributed by atoms with E-state index in [1.165, 1.54) is 13.2 Å². The third-order valence-electron chi connectivity index (χ3n) is 3.90. The van der Waals surface area contributed by atoms with Crippen molar-refractivity contribution in [1.29, 1.82) is 0 Å². The Kier molecular flexibility index (Phi) is 5.15. The zero-order valence-electron chi connectivity index (χ0n) is 12.3. The van der Waals surface area contributed by atoms with Crippen LogP contribution < -0.4 is 0 Å². The molecule has 1 saturated heterocycles. The van der Waals surface area contributed by atoms with Crippen molar-refractivity contribution < 1.29 is 34.7 Å². The van der Waals surface area contributed by atoms with Gasteiger partial charge >= 0.3 is 5.97 Å². The van der Waals surface area contributed by atoms with E-state index >= 15 is 0 Å². The highest BCUT2D eigenvalue weighted by molar-refractivity contribution is 5.89. The molecule has 2 rings (SSSR count). The van der Waals surface area contributed by atoms with Crippen LogP contribution in [-0.4, -0.2) is 64.5 Å². The molecule has 7 nitrogen and oxygen atoms in total. The van der Waals surface area contributed by atoms with Gasteiger partial charge in [-0.05, 0) is 30.2 Å². The molecule has 1 aromatic rings. The third kappa shape index (κ3) is 2.99. The average molecular weight is 312 g/mol. The first-order valence-corrected chi connectivity index (χ1v) is 6.90. The standard InChI is InChI=1S/C15H20O7/c1-7-3-4-8(15(20)21-2)5-9(7)14-13(19)12(18)11(17)10(6-16)22-14/h3-5,10-14,16-19H,6H2,1-2H3/t10-,11-,12+,13-,14+/m1/s1. The lowest BCUT2D eigenvalue weighted by molar-refractivity contribution is -0.231. The maximum Gasteiger partial charge on any atom is 0.337 e. The van der Waals surface area contributed by atoms with E-state index in [0.717, 1.165) is 5.56 Å². The van der Waals surface area contributed by atoms with Crippen LogP contribution in [0.5, 0.6) is 0 Å². The van der Waals surface area contributed by atoms with Crippen LogP contribution in [0.25, 0.3) is 0 Å². The van der Waals surface area contributed by atoms with Gasteiger partial charge in [0.05, 0.1) is 19.3 Å². The van der Waals surface area contributed by atoms with E-state index in [1.807, 2.05) is 0 Å². The number of rotatable bonds is 3. The number of esters is 1. The SMILES string of the molecule is COC(=O)c1ccc(C)c([C@@H]2O[C@H](CO)[C@@H](O)[C@H](O)[C@H]2O)c1. The second kappa shape index (κ2) is 6.72. The highest BCUT2D eigenvalue weighted by Crippen LogP contribution is 2.34. The molecule has 0 aromatic heterocycles. The van der Waals surface area contributed by atoms with Crippen molar-refractivity contribution >= 4 is 5.97 Å². The van der Waals surface area contributed by atoms with Gasteiger partial charge < -0.3 is 29.9 Å². The summed E-state index contributed by atoms with van der Waals surface area (Å²) in [5, 5.41) is 39.0. The molecule has 1 aliphatic rings. The van der Waals surface area contributed by atoms with Crippen LogP contribution >= 0.6 is 0 Å². The quantitative estimate of drug-likeness (QED) is 0.545. The summed E-state index contributed by atoms with van der Waals surface area (Å²) in [7, 11) is 1.26. The molecule has 1 aromatic carbocycles. The predicted molar refractivity (Wildman–Crippen MR) is 75.2 cm³/mol. The van der Waals surface area contributed by atoms with Crippen molar-refractivity contribution in [3.8, 4) is 0 Å². The molecule has 7 heteroatoms. The zero-order chi connectivity index (χ0) is 16.4. The fourth-order valence-corrected chi connectivity index (χ4v) is 2.55. The summed E-state index contributed by atoms with van der Waals surface area (Å²) in [6.07, 6.45) is -6.23. The maximum atomic E-state index is 11.6. The molecule has 1 fully saturated rings. The molecule has 122 valence electrons. The Bertz CT molecular complexity index is 543. The number of ether oxygens (including phenoxy) is 2. The van der Waals surface area contributed by atoms with E-state index in [0.29, 0.717) is 5.56 Å². The molecule has 0 unspecified atom stereocenters. The third-order valence-corrected chi connectivity index (χ3v) is 3.90. The number of aliphatic hydroxyl groups is 4. The largest absolute Gasteiger partial charge is 0.465 e. The lowest BCUT2D eigenvalue weighted by atomic mass is 9.88. The molecule has 0 aliphatic carbocycles. The van der Waals surface area contributed by atoms with E-state index in [4.69, 9.17) is 4.74 Å². The van der Waals surface area contributed by atoms with Gasteiger partial charge in [-0.2, -0.15) is 0 Å². The molecule has 0 saturated carbocycles. The van der Waals surface area contributed by atoms with Gasteiger partial charge in [0.15, 0.2) is 0 Å². The molecule has 0 spiro atoms. The van der Waals surface area contributed by atoms with E-state index in [2.05, 4.69) is 4.74 Å². The molecule has 22 heavy (non-hydrogen) atoms. The van der Waals surface area contributed by atoms with Crippen molar-refractivity contribution in [2.75, 3.05) is 13.7 Å². The summed E-state index contributed by atoms with van der Waals surface area (Å²) < 4.78 is 10.2. The first-order valence-electron chi connectivity index (χ1n) is 6.90. The first kappa shape index (κ1) is 16.9. The molecular weight excluding hydrogens is 292 g/mol. The summed E-state index contributed by atoms with van der Waals surface area (Å²) in [5.41, 5.74) is 1.50. The number of hydrogen-bond donors (Lipinski definition) is 4. The Labute approximate surface area is 127 Å². The van der Waals surface area contributed by atoms with Gasteiger partial charge in [0, 0.05) is 0 Å². The molecule has 5 atom stereocenters. The van der Waals surface area contributed by atoms with Crippen LogP contribution in [0.4, 0.5) is 0 Å². The van der Waals surface area contributed by atoms with Gasteiger partial charge in [-0.1, -0.05) is 6.07 Å². The van der Waals surface area contributed by atoms with Crippen molar-refractivity contribution in [3.05, 3.63) is 34.9 Å². The Hall–Kier alpha value is -1.51. The Morgan fingerprint density at radius 2 is 1.91 bits per heavy atom. The van der Waals surface area contributed by atoms with Crippen molar-refractivity contribution in [1.82, 2.24) is 0 Å². The highest BCUT2D eigenvalue weighted by Gasteiger charge is 2.44. The van der Waals surface area contributed by atoms with Crippen molar-refractivity contribution in [2.45, 2.75) is 37.4 Å². The van der Waals surface area contributed by atoms with Crippen LogP contribution in [-0.2, 0) is 9.47 Å². The molecule has 1 heterocycles. The lowest BCUT2D eigenvalue weighted by Gasteiger charge is -2.40. The summed E-state index contributed by atoms with van der Waals surface area (Å²) in [5.74, 6) is -0.536. The molecule has 4 N–H and O–H groups in total. The minimum atomic E-state index is -1.46. The second-order valence-electron chi connectivity index (χ2n) is 5.31. The molecule has 1 aliphatic heterocycles. The normalized spacial score (nSPS) is 31.8. The number of aliphatic hydroxyl groups excluding tert-OH is 4.